The van der Waals surface area contributed by atoms with Gasteiger partial charge in [-0.2, -0.15) is 40.2 Å². The molecule has 0 bridgehead atoms. The number of fused-ring (bicyclic) bond motifs is 1. The Morgan fingerprint density at radius 3 is 1.95 bits per heavy atom. The van der Waals surface area contributed by atoms with E-state index in [4.69, 9.17) is 28.9 Å². The van der Waals surface area contributed by atoms with Crippen LogP contribution in [0.1, 0.15) is 0 Å². The van der Waals surface area contributed by atoms with Gasteiger partial charge in [0, 0.05) is 11.8 Å². The number of nitrogens with one attached hydrogen (secondary N) is 1. The lowest BCUT2D eigenvalue weighted by Crippen LogP contribution is -2.04. The maximum absolute atomic E-state index is 12.1. The molecule has 1 aromatic heterocycles. The second-order valence-corrected chi connectivity index (χ2v) is 12.7. The van der Waals surface area contributed by atoms with E-state index in [1.54, 1.807) is 0 Å². The average molecular weight is 666 g/mol. The first-order chi connectivity index (χ1) is 18.8. The van der Waals surface area contributed by atoms with Gasteiger partial charge in [-0.3, -0.25) is 13.7 Å². The Kier molecular flexibility index (Phi) is 7.79. The molecular formula is C19H13Cl2N7O10S3. The summed E-state index contributed by atoms with van der Waals surface area (Å²) in [6.45, 7) is 0. The number of anilines is 3. The number of phenolic OH excluding ortho intramolecular Hbond substituents is 1. The second-order valence-electron chi connectivity index (χ2n) is 7.81. The fourth-order valence-corrected chi connectivity index (χ4v) is 5.63. The van der Waals surface area contributed by atoms with Crippen molar-refractivity contribution < 1.29 is 44.0 Å². The van der Waals surface area contributed by atoms with Crippen LogP contribution in [-0.4, -0.2) is 59.0 Å². The highest BCUT2D eigenvalue weighted by Gasteiger charge is 2.24. The molecule has 0 saturated heterocycles. The Hall–Kier alpha value is -3.76. The van der Waals surface area contributed by atoms with E-state index in [1.807, 2.05) is 0 Å². The zero-order valence-corrected chi connectivity index (χ0v) is 23.5. The Morgan fingerprint density at radius 2 is 1.39 bits per heavy atom. The van der Waals surface area contributed by atoms with Gasteiger partial charge < -0.3 is 16.2 Å². The van der Waals surface area contributed by atoms with E-state index in [9.17, 15) is 44.0 Å². The van der Waals surface area contributed by atoms with Crippen molar-refractivity contribution in [2.24, 2.45) is 10.2 Å². The molecule has 0 fully saturated rings. The molecular weight excluding hydrogens is 653 g/mol. The van der Waals surface area contributed by atoms with Gasteiger partial charge in [0.1, 0.15) is 26.9 Å². The molecule has 0 aliphatic heterocycles. The molecule has 17 nitrogen and oxygen atoms in total. The van der Waals surface area contributed by atoms with Crippen LogP contribution in [0.25, 0.3) is 10.8 Å². The molecule has 216 valence electrons. The molecule has 0 spiro atoms. The van der Waals surface area contributed by atoms with Gasteiger partial charge in [0.05, 0.1) is 16.0 Å². The molecule has 0 atom stereocenters. The summed E-state index contributed by atoms with van der Waals surface area (Å²) in [6.07, 6.45) is 0. The van der Waals surface area contributed by atoms with E-state index in [0.717, 1.165) is 18.2 Å². The van der Waals surface area contributed by atoms with E-state index in [-0.39, 0.29) is 33.0 Å². The average Bonchev–Trinajstić information content (AvgIpc) is 2.81. The minimum absolute atomic E-state index is 0.0105. The first-order valence-corrected chi connectivity index (χ1v) is 15.3. The summed E-state index contributed by atoms with van der Waals surface area (Å²) in [4.78, 5) is 8.41. The summed E-state index contributed by atoms with van der Waals surface area (Å²) in [6, 6.07) is 5.23. The van der Waals surface area contributed by atoms with Crippen molar-refractivity contribution in [3.05, 3.63) is 47.0 Å². The smallest absolute Gasteiger partial charge is 0.296 e. The number of rotatable bonds is 7. The number of nitrogens with zero attached hydrogens (tertiary/aromatic N) is 5. The van der Waals surface area contributed by atoms with Crippen molar-refractivity contribution >= 4 is 93.0 Å². The Balaban J connectivity index is 1.91. The molecule has 4 aromatic rings. The number of hydrogen-bond donors (Lipinski definition) is 6. The highest BCUT2D eigenvalue weighted by atomic mass is 35.5. The topological polar surface area (TPSA) is 285 Å². The molecule has 7 N–H and O–H groups in total. The highest BCUT2D eigenvalue weighted by molar-refractivity contribution is 7.86. The fraction of sp³-hybridized carbons (Fsp3) is 0. The molecule has 0 radical (unpaired) electrons. The molecule has 4 rings (SSSR count). The summed E-state index contributed by atoms with van der Waals surface area (Å²) in [7, 11) is -14.9. The number of nitrogens with two attached hydrogens (primary N) is 1. The predicted octanol–water partition coefficient (Wildman–Crippen LogP) is 3.52. The van der Waals surface area contributed by atoms with Gasteiger partial charge in [0.2, 0.25) is 16.5 Å². The number of hydrogen-bond acceptors (Lipinski definition) is 14. The van der Waals surface area contributed by atoms with E-state index in [0.29, 0.717) is 12.1 Å². The van der Waals surface area contributed by atoms with Crippen LogP contribution < -0.4 is 11.1 Å². The van der Waals surface area contributed by atoms with Crippen LogP contribution in [0, 0.1) is 0 Å². The fourth-order valence-electron chi connectivity index (χ4n) is 3.43. The van der Waals surface area contributed by atoms with Gasteiger partial charge in [0.15, 0.2) is 0 Å². The van der Waals surface area contributed by atoms with Crippen LogP contribution in [-0.2, 0) is 30.4 Å². The normalized spacial score (nSPS) is 12.7. The molecule has 41 heavy (non-hydrogen) atoms. The number of azo groups is 1. The first kappa shape index (κ1) is 30.2. The largest absolute Gasteiger partial charge is 0.507 e. The van der Waals surface area contributed by atoms with Crippen LogP contribution in [0.15, 0.2) is 61.3 Å². The lowest BCUT2D eigenvalue weighted by Gasteiger charge is -2.12. The molecule has 0 saturated carbocycles. The number of aromatic hydroxyl groups is 1. The van der Waals surface area contributed by atoms with Crippen molar-refractivity contribution in [1.29, 1.82) is 0 Å². The maximum atomic E-state index is 12.1. The monoisotopic (exact) mass is 665 g/mol. The van der Waals surface area contributed by atoms with Crippen LogP contribution in [0.2, 0.25) is 10.6 Å². The lowest BCUT2D eigenvalue weighted by molar-refractivity contribution is 0.471. The zero-order chi connectivity index (χ0) is 30.5. The van der Waals surface area contributed by atoms with E-state index >= 15 is 0 Å². The van der Waals surface area contributed by atoms with Crippen molar-refractivity contribution in [3.8, 4) is 5.75 Å². The summed E-state index contributed by atoms with van der Waals surface area (Å²) in [5.74, 6) is -1.05. The van der Waals surface area contributed by atoms with Gasteiger partial charge in [-0.25, -0.2) is 0 Å². The van der Waals surface area contributed by atoms with Crippen LogP contribution >= 0.6 is 23.2 Å². The van der Waals surface area contributed by atoms with Gasteiger partial charge in [0.25, 0.3) is 30.4 Å². The zero-order valence-electron chi connectivity index (χ0n) is 19.5. The molecule has 3 aromatic carbocycles. The first-order valence-electron chi connectivity index (χ1n) is 10.3. The number of aromatic nitrogens is 3. The minimum Gasteiger partial charge on any atom is -0.507 e. The van der Waals surface area contributed by atoms with Gasteiger partial charge in [-0.05, 0) is 58.9 Å². The van der Waals surface area contributed by atoms with Crippen molar-refractivity contribution in [2.75, 3.05) is 11.1 Å². The summed E-state index contributed by atoms with van der Waals surface area (Å²) >= 11 is 11.4. The number of benzene rings is 3. The van der Waals surface area contributed by atoms with E-state index in [1.165, 1.54) is 6.07 Å². The summed E-state index contributed by atoms with van der Waals surface area (Å²) < 4.78 is 100.0. The van der Waals surface area contributed by atoms with Crippen molar-refractivity contribution in [1.82, 2.24) is 15.0 Å². The lowest BCUT2D eigenvalue weighted by atomic mass is 10.1. The van der Waals surface area contributed by atoms with Gasteiger partial charge in [-0.15, -0.1) is 10.2 Å². The Bertz CT molecular complexity index is 2090. The maximum Gasteiger partial charge on any atom is 0.296 e. The quantitative estimate of drug-likeness (QED) is 0.0934. The third-order valence-electron chi connectivity index (χ3n) is 5.07. The van der Waals surface area contributed by atoms with Gasteiger partial charge >= 0.3 is 0 Å². The van der Waals surface area contributed by atoms with Crippen molar-refractivity contribution in [2.45, 2.75) is 14.7 Å². The molecule has 0 unspecified atom stereocenters. The van der Waals surface area contributed by atoms with Gasteiger partial charge in [-0.1, -0.05) is 0 Å². The number of halogens is 2. The third-order valence-corrected chi connectivity index (χ3v) is 8.02. The standard InChI is InChI=1S/C19H13Cl2N7O10S3/c20-17-24-18(21)26-19(25-17)23-8-1-2-10(12(5-8)40(33,34)35)27-28-16-14-7(4-13(15(16)22)41(36,37)38)3-9(6-11(14)29)39(30,31)32/h1-6,29H,22H2,(H,30,31,32)(H,33,34,35)(H,36,37,38)(H,23,24,25,26). The summed E-state index contributed by atoms with van der Waals surface area (Å²) in [5.41, 5.74) is 3.91. The highest BCUT2D eigenvalue weighted by Crippen LogP contribution is 2.44. The van der Waals surface area contributed by atoms with E-state index < -0.39 is 67.9 Å². The number of nitrogen functional groups attached to an aromatic ring is 1. The Morgan fingerprint density at radius 1 is 0.780 bits per heavy atom. The molecule has 22 heteroatoms. The summed E-state index contributed by atoms with van der Waals surface area (Å²) in [5, 5.41) is 19.2. The minimum atomic E-state index is -5.06. The van der Waals surface area contributed by atoms with Crippen LogP contribution in [0.5, 0.6) is 5.75 Å². The second kappa shape index (κ2) is 10.6. The molecule has 0 aliphatic rings. The Labute approximate surface area is 240 Å². The SMILES string of the molecule is Nc1c(S(=O)(=O)O)cc2cc(S(=O)(=O)O)cc(O)c2c1N=Nc1ccc(Nc2nc(Cl)nc(Cl)n2)cc1S(=O)(=O)O. The number of phenols is 1. The molecule has 0 aliphatic carbocycles. The molecule has 0 amide bonds. The van der Waals surface area contributed by atoms with Crippen LogP contribution in [0.4, 0.5) is 28.7 Å². The molecule has 1 heterocycles. The van der Waals surface area contributed by atoms with Crippen molar-refractivity contribution in [3.63, 3.8) is 0 Å². The van der Waals surface area contributed by atoms with Crippen LogP contribution in [0.3, 0.4) is 0 Å². The van der Waals surface area contributed by atoms with E-state index in [2.05, 4.69) is 30.5 Å². The predicted molar refractivity (Wildman–Crippen MR) is 143 cm³/mol. The third kappa shape index (κ3) is 6.60.